The van der Waals surface area contributed by atoms with Gasteiger partial charge in [0.25, 0.3) is 0 Å². The van der Waals surface area contributed by atoms with Crippen molar-refractivity contribution in [2.75, 3.05) is 11.9 Å². The van der Waals surface area contributed by atoms with Gasteiger partial charge in [-0.3, -0.25) is 0 Å². The van der Waals surface area contributed by atoms with E-state index in [9.17, 15) is 0 Å². The Hall–Kier alpha value is -1.09. The molecular formula is C18H30N2S. The van der Waals surface area contributed by atoms with Crippen LogP contribution in [0.1, 0.15) is 52.7 Å². The fraction of sp³-hybridized carbons (Fsp3) is 0.611. The summed E-state index contributed by atoms with van der Waals surface area (Å²) in [6, 6.07) is 6.53. The lowest BCUT2D eigenvalue weighted by atomic mass is 9.97. The van der Waals surface area contributed by atoms with E-state index >= 15 is 0 Å². The third kappa shape index (κ3) is 6.47. The third-order valence-corrected chi connectivity index (χ3v) is 3.51. The van der Waals surface area contributed by atoms with Gasteiger partial charge in [0.15, 0.2) is 5.11 Å². The Labute approximate surface area is 135 Å². The van der Waals surface area contributed by atoms with Crippen molar-refractivity contribution >= 4 is 23.0 Å². The van der Waals surface area contributed by atoms with Gasteiger partial charge in [0.1, 0.15) is 0 Å². The van der Waals surface area contributed by atoms with Gasteiger partial charge >= 0.3 is 0 Å². The second-order valence-electron chi connectivity index (χ2n) is 7.27. The highest BCUT2D eigenvalue weighted by Crippen LogP contribution is 2.24. The monoisotopic (exact) mass is 306 g/mol. The maximum Gasteiger partial charge on any atom is 0.170 e. The van der Waals surface area contributed by atoms with E-state index in [-0.39, 0.29) is 5.41 Å². The molecule has 0 unspecified atom stereocenters. The number of aryl methyl sites for hydroxylation is 1. The van der Waals surface area contributed by atoms with Gasteiger partial charge in [-0.1, -0.05) is 59.7 Å². The first-order valence-electron chi connectivity index (χ1n) is 7.88. The molecule has 118 valence electrons. The van der Waals surface area contributed by atoms with Crippen LogP contribution in [0.25, 0.3) is 0 Å². The summed E-state index contributed by atoms with van der Waals surface area (Å²) in [7, 11) is 0. The molecule has 0 amide bonds. The SMILES string of the molecule is CCc1cccc(CC(C)C)c1NC(=S)NCC(C)(C)C. The Kier molecular flexibility index (Phi) is 6.66. The Morgan fingerprint density at radius 1 is 1.19 bits per heavy atom. The molecule has 1 rings (SSSR count). The third-order valence-electron chi connectivity index (χ3n) is 3.26. The van der Waals surface area contributed by atoms with Crippen LogP contribution in [0.5, 0.6) is 0 Å². The van der Waals surface area contributed by atoms with Crippen LogP contribution in [0.3, 0.4) is 0 Å². The molecule has 0 saturated heterocycles. The van der Waals surface area contributed by atoms with Gasteiger partial charge in [0, 0.05) is 12.2 Å². The van der Waals surface area contributed by atoms with Crippen LogP contribution in [0.15, 0.2) is 18.2 Å². The minimum Gasteiger partial charge on any atom is -0.362 e. The molecule has 0 aromatic heterocycles. The van der Waals surface area contributed by atoms with Crippen molar-refractivity contribution in [3.8, 4) is 0 Å². The van der Waals surface area contributed by atoms with E-state index in [0.29, 0.717) is 5.92 Å². The van der Waals surface area contributed by atoms with E-state index in [1.165, 1.54) is 16.8 Å². The first kappa shape index (κ1) is 18.0. The standard InChI is InChI=1S/C18H30N2S/c1-7-14-9-8-10-15(11-13(2)3)16(14)20-17(21)19-12-18(4,5)6/h8-10,13H,7,11-12H2,1-6H3,(H2,19,20,21). The number of hydrogen-bond acceptors (Lipinski definition) is 1. The molecule has 2 nitrogen and oxygen atoms in total. The van der Waals surface area contributed by atoms with Crippen LogP contribution in [-0.4, -0.2) is 11.7 Å². The fourth-order valence-corrected chi connectivity index (χ4v) is 2.40. The van der Waals surface area contributed by atoms with Gasteiger partial charge in [0.05, 0.1) is 0 Å². The summed E-state index contributed by atoms with van der Waals surface area (Å²) in [6.07, 6.45) is 2.08. The summed E-state index contributed by atoms with van der Waals surface area (Å²) in [5.41, 5.74) is 4.09. The molecule has 1 aromatic carbocycles. The second-order valence-corrected chi connectivity index (χ2v) is 7.68. The Morgan fingerprint density at radius 3 is 2.33 bits per heavy atom. The van der Waals surface area contributed by atoms with Crippen molar-refractivity contribution in [3.05, 3.63) is 29.3 Å². The highest BCUT2D eigenvalue weighted by atomic mass is 32.1. The zero-order valence-corrected chi connectivity index (χ0v) is 15.2. The van der Waals surface area contributed by atoms with E-state index in [0.717, 1.165) is 24.5 Å². The molecule has 0 aliphatic heterocycles. The van der Waals surface area contributed by atoms with Gasteiger partial charge in [-0.25, -0.2) is 0 Å². The van der Waals surface area contributed by atoms with Crippen molar-refractivity contribution in [2.24, 2.45) is 11.3 Å². The van der Waals surface area contributed by atoms with Crippen LogP contribution in [-0.2, 0) is 12.8 Å². The first-order chi connectivity index (χ1) is 9.73. The minimum absolute atomic E-state index is 0.219. The number of anilines is 1. The van der Waals surface area contributed by atoms with E-state index in [1.54, 1.807) is 0 Å². The van der Waals surface area contributed by atoms with Gasteiger partial charge in [-0.15, -0.1) is 0 Å². The van der Waals surface area contributed by atoms with E-state index < -0.39 is 0 Å². The summed E-state index contributed by atoms with van der Waals surface area (Å²) in [6.45, 7) is 14.2. The summed E-state index contributed by atoms with van der Waals surface area (Å²) in [5, 5.41) is 7.47. The molecule has 0 heterocycles. The number of hydrogen-bond donors (Lipinski definition) is 2. The molecule has 0 radical (unpaired) electrons. The number of thiocarbonyl (C=S) groups is 1. The minimum atomic E-state index is 0.219. The van der Waals surface area contributed by atoms with Crippen LogP contribution in [0, 0.1) is 11.3 Å². The molecule has 0 bridgehead atoms. The summed E-state index contributed by atoms with van der Waals surface area (Å²) in [4.78, 5) is 0. The lowest BCUT2D eigenvalue weighted by molar-refractivity contribution is 0.409. The van der Waals surface area contributed by atoms with E-state index in [1.807, 2.05) is 0 Å². The van der Waals surface area contributed by atoms with Crippen LogP contribution < -0.4 is 10.6 Å². The highest BCUT2D eigenvalue weighted by Gasteiger charge is 2.13. The maximum atomic E-state index is 5.46. The smallest absolute Gasteiger partial charge is 0.170 e. The topological polar surface area (TPSA) is 24.1 Å². The van der Waals surface area contributed by atoms with Gasteiger partial charge in [-0.05, 0) is 47.5 Å². The molecule has 0 aliphatic rings. The zero-order valence-electron chi connectivity index (χ0n) is 14.3. The average Bonchev–Trinajstić information content (AvgIpc) is 2.37. The van der Waals surface area contributed by atoms with Crippen LogP contribution >= 0.6 is 12.2 Å². The summed E-state index contributed by atoms with van der Waals surface area (Å²) < 4.78 is 0. The number of benzene rings is 1. The molecule has 21 heavy (non-hydrogen) atoms. The lowest BCUT2D eigenvalue weighted by Gasteiger charge is -2.22. The van der Waals surface area contributed by atoms with Crippen molar-refractivity contribution in [1.82, 2.24) is 5.32 Å². The fourth-order valence-electron chi connectivity index (χ4n) is 2.22. The Bertz CT molecular complexity index is 473. The Balaban J connectivity index is 2.87. The van der Waals surface area contributed by atoms with Crippen molar-refractivity contribution in [2.45, 2.75) is 54.4 Å². The second kappa shape index (κ2) is 7.79. The average molecular weight is 307 g/mol. The maximum absolute atomic E-state index is 5.46. The number of nitrogens with one attached hydrogen (secondary N) is 2. The number of rotatable bonds is 5. The van der Waals surface area contributed by atoms with Gasteiger partial charge < -0.3 is 10.6 Å². The van der Waals surface area contributed by atoms with Gasteiger partial charge in [-0.2, -0.15) is 0 Å². The van der Waals surface area contributed by atoms with Crippen LogP contribution in [0.2, 0.25) is 0 Å². The molecule has 2 N–H and O–H groups in total. The Morgan fingerprint density at radius 2 is 1.81 bits per heavy atom. The van der Waals surface area contributed by atoms with E-state index in [4.69, 9.17) is 12.2 Å². The van der Waals surface area contributed by atoms with Crippen LogP contribution in [0.4, 0.5) is 5.69 Å². The quantitative estimate of drug-likeness (QED) is 0.766. The first-order valence-corrected chi connectivity index (χ1v) is 8.29. The molecule has 0 atom stereocenters. The predicted molar refractivity (Wildman–Crippen MR) is 98.0 cm³/mol. The summed E-state index contributed by atoms with van der Waals surface area (Å²) in [5.74, 6) is 0.633. The highest BCUT2D eigenvalue weighted by molar-refractivity contribution is 7.80. The van der Waals surface area contributed by atoms with Crippen molar-refractivity contribution < 1.29 is 0 Å². The zero-order chi connectivity index (χ0) is 16.0. The molecule has 1 aromatic rings. The normalized spacial score (nSPS) is 11.6. The lowest BCUT2D eigenvalue weighted by Crippen LogP contribution is -2.35. The molecular weight excluding hydrogens is 276 g/mol. The molecule has 0 saturated carbocycles. The predicted octanol–water partition coefficient (Wildman–Crippen LogP) is 4.78. The largest absolute Gasteiger partial charge is 0.362 e. The van der Waals surface area contributed by atoms with Crippen molar-refractivity contribution in [1.29, 1.82) is 0 Å². The number of para-hydroxylation sites is 1. The summed E-state index contributed by atoms with van der Waals surface area (Å²) >= 11 is 5.46. The van der Waals surface area contributed by atoms with E-state index in [2.05, 4.69) is 70.4 Å². The molecule has 0 spiro atoms. The van der Waals surface area contributed by atoms with Gasteiger partial charge in [0.2, 0.25) is 0 Å². The molecule has 0 aliphatic carbocycles. The molecule has 3 heteroatoms. The van der Waals surface area contributed by atoms with Crippen molar-refractivity contribution in [3.63, 3.8) is 0 Å². The molecule has 0 fully saturated rings.